The molecule has 0 bridgehead atoms. The first kappa shape index (κ1) is 12.6. The first-order valence-corrected chi connectivity index (χ1v) is 5.98. The Morgan fingerprint density at radius 1 is 1.39 bits per heavy atom. The number of esters is 1. The van der Waals surface area contributed by atoms with Gasteiger partial charge in [0.2, 0.25) is 0 Å². The van der Waals surface area contributed by atoms with Gasteiger partial charge in [-0.15, -0.1) is 0 Å². The van der Waals surface area contributed by atoms with Gasteiger partial charge in [0.05, 0.1) is 13.0 Å². The average molecular weight is 251 g/mol. The zero-order chi connectivity index (χ0) is 13.1. The van der Waals surface area contributed by atoms with Crippen LogP contribution in [-0.4, -0.2) is 46.8 Å². The zero-order valence-corrected chi connectivity index (χ0v) is 10.6. The van der Waals surface area contributed by atoms with Crippen LogP contribution in [0.4, 0.5) is 0 Å². The third-order valence-corrected chi connectivity index (χ3v) is 3.25. The fourth-order valence-electron chi connectivity index (χ4n) is 2.18. The Bertz CT molecular complexity index is 447. The highest BCUT2D eigenvalue weighted by Gasteiger charge is 2.28. The molecule has 0 aliphatic carbocycles. The minimum absolute atomic E-state index is 0.0704. The summed E-state index contributed by atoms with van der Waals surface area (Å²) in [5.74, 6) is -0.332. The number of ether oxygens (including phenoxy) is 1. The summed E-state index contributed by atoms with van der Waals surface area (Å²) in [4.78, 5) is 25.2. The van der Waals surface area contributed by atoms with Crippen molar-refractivity contribution in [2.45, 2.75) is 12.8 Å². The summed E-state index contributed by atoms with van der Waals surface area (Å²) in [6.07, 6.45) is 3.06. The van der Waals surface area contributed by atoms with E-state index in [2.05, 4.69) is 5.10 Å². The molecule has 0 spiro atoms. The zero-order valence-electron chi connectivity index (χ0n) is 10.6. The van der Waals surface area contributed by atoms with Crippen LogP contribution in [0.2, 0.25) is 0 Å². The highest BCUT2D eigenvalue weighted by Crippen LogP contribution is 2.19. The van der Waals surface area contributed by atoms with E-state index >= 15 is 0 Å². The van der Waals surface area contributed by atoms with Gasteiger partial charge in [-0.25, -0.2) is 0 Å². The number of aryl methyl sites for hydroxylation is 1. The Morgan fingerprint density at radius 3 is 2.56 bits per heavy atom. The van der Waals surface area contributed by atoms with Gasteiger partial charge in [0.25, 0.3) is 5.91 Å². The molecule has 0 atom stereocenters. The molecule has 2 rings (SSSR count). The summed E-state index contributed by atoms with van der Waals surface area (Å²) < 4.78 is 6.32. The van der Waals surface area contributed by atoms with Crippen molar-refractivity contribution >= 4 is 11.9 Å². The lowest BCUT2D eigenvalue weighted by atomic mass is 9.97. The molecule has 6 nitrogen and oxygen atoms in total. The molecule has 1 aliphatic heterocycles. The Balaban J connectivity index is 1.94. The summed E-state index contributed by atoms with van der Waals surface area (Å²) in [6.45, 7) is 1.16. The number of hydrogen-bond donors (Lipinski definition) is 0. The molecular formula is C12H17N3O3. The van der Waals surface area contributed by atoms with Gasteiger partial charge >= 0.3 is 5.97 Å². The van der Waals surface area contributed by atoms with E-state index in [1.165, 1.54) is 7.11 Å². The smallest absolute Gasteiger partial charge is 0.308 e. The molecule has 98 valence electrons. The second-order valence-corrected chi connectivity index (χ2v) is 4.46. The number of likely N-dealkylation sites (tertiary alicyclic amines) is 1. The predicted molar refractivity (Wildman–Crippen MR) is 63.9 cm³/mol. The second-order valence-electron chi connectivity index (χ2n) is 4.46. The fourth-order valence-corrected chi connectivity index (χ4v) is 2.18. The first-order valence-electron chi connectivity index (χ1n) is 5.98. The Hall–Kier alpha value is -1.85. The van der Waals surface area contributed by atoms with Crippen molar-refractivity contribution in [2.75, 3.05) is 20.2 Å². The average Bonchev–Trinajstić information content (AvgIpc) is 2.84. The molecule has 6 heteroatoms. The summed E-state index contributed by atoms with van der Waals surface area (Å²) in [5.41, 5.74) is 0.453. The number of carbonyl (C=O) groups excluding carboxylic acids is 2. The van der Waals surface area contributed by atoms with Gasteiger partial charge in [0.15, 0.2) is 0 Å². The molecule has 0 unspecified atom stereocenters. The minimum atomic E-state index is -0.181. The molecule has 1 saturated heterocycles. The summed E-state index contributed by atoms with van der Waals surface area (Å²) in [7, 11) is 3.17. The van der Waals surface area contributed by atoms with Crippen LogP contribution >= 0.6 is 0 Å². The maximum absolute atomic E-state index is 12.1. The number of aromatic nitrogens is 2. The van der Waals surface area contributed by atoms with E-state index in [4.69, 9.17) is 4.74 Å². The molecule has 1 aromatic rings. The summed E-state index contributed by atoms with van der Waals surface area (Å²) >= 11 is 0. The lowest BCUT2D eigenvalue weighted by molar-refractivity contribution is -0.146. The summed E-state index contributed by atoms with van der Waals surface area (Å²) in [5, 5.41) is 4.09. The van der Waals surface area contributed by atoms with Crippen LogP contribution in [0.25, 0.3) is 0 Å². The molecule has 0 N–H and O–H groups in total. The molecule has 1 aliphatic rings. The van der Waals surface area contributed by atoms with E-state index in [0.717, 1.165) is 0 Å². The molecule has 1 fully saturated rings. The SMILES string of the molecule is COC(=O)C1CCN(C(=O)c2ccn(C)n2)CC1. The highest BCUT2D eigenvalue weighted by molar-refractivity contribution is 5.92. The number of nitrogens with zero attached hydrogens (tertiary/aromatic N) is 3. The highest BCUT2D eigenvalue weighted by atomic mass is 16.5. The molecular weight excluding hydrogens is 234 g/mol. The third kappa shape index (κ3) is 2.52. The van der Waals surface area contributed by atoms with Gasteiger partial charge in [0, 0.05) is 26.3 Å². The second kappa shape index (κ2) is 5.20. The van der Waals surface area contributed by atoms with Crippen molar-refractivity contribution < 1.29 is 14.3 Å². The fraction of sp³-hybridized carbons (Fsp3) is 0.583. The van der Waals surface area contributed by atoms with E-state index in [9.17, 15) is 9.59 Å². The van der Waals surface area contributed by atoms with Crippen molar-refractivity contribution in [3.8, 4) is 0 Å². The van der Waals surface area contributed by atoms with E-state index in [-0.39, 0.29) is 17.8 Å². The molecule has 0 aromatic carbocycles. The van der Waals surface area contributed by atoms with E-state index < -0.39 is 0 Å². The van der Waals surface area contributed by atoms with Crippen LogP contribution in [0.3, 0.4) is 0 Å². The van der Waals surface area contributed by atoms with Crippen LogP contribution < -0.4 is 0 Å². The van der Waals surface area contributed by atoms with Crippen LogP contribution in [0.1, 0.15) is 23.3 Å². The quantitative estimate of drug-likeness (QED) is 0.716. The number of methoxy groups -OCH3 is 1. The molecule has 1 amide bonds. The predicted octanol–water partition coefficient (Wildman–Crippen LogP) is 0.445. The van der Waals surface area contributed by atoms with Crippen molar-refractivity contribution in [3.05, 3.63) is 18.0 Å². The van der Waals surface area contributed by atoms with Gasteiger partial charge in [-0.1, -0.05) is 0 Å². The number of rotatable bonds is 2. The normalized spacial score (nSPS) is 16.7. The van der Waals surface area contributed by atoms with E-state index in [1.54, 1.807) is 28.9 Å². The number of carbonyl (C=O) groups is 2. The number of hydrogen-bond acceptors (Lipinski definition) is 4. The van der Waals surface area contributed by atoms with Crippen molar-refractivity contribution in [1.82, 2.24) is 14.7 Å². The molecule has 2 heterocycles. The lowest BCUT2D eigenvalue weighted by Gasteiger charge is -2.30. The maximum Gasteiger partial charge on any atom is 0.308 e. The molecule has 1 aromatic heterocycles. The van der Waals surface area contributed by atoms with Crippen molar-refractivity contribution in [2.24, 2.45) is 13.0 Å². The van der Waals surface area contributed by atoms with E-state index in [0.29, 0.717) is 31.6 Å². The van der Waals surface area contributed by atoms with Crippen LogP contribution in [0, 0.1) is 5.92 Å². The molecule has 0 radical (unpaired) electrons. The largest absolute Gasteiger partial charge is 0.469 e. The van der Waals surface area contributed by atoms with Crippen LogP contribution in [0.5, 0.6) is 0 Å². The number of piperidine rings is 1. The molecule has 18 heavy (non-hydrogen) atoms. The summed E-state index contributed by atoms with van der Waals surface area (Å²) in [6, 6.07) is 1.70. The van der Waals surface area contributed by atoms with Gasteiger partial charge in [0.1, 0.15) is 5.69 Å². The topological polar surface area (TPSA) is 64.4 Å². The van der Waals surface area contributed by atoms with Gasteiger partial charge in [-0.3, -0.25) is 14.3 Å². The van der Waals surface area contributed by atoms with Crippen LogP contribution in [-0.2, 0) is 16.6 Å². The van der Waals surface area contributed by atoms with E-state index in [1.807, 2.05) is 0 Å². The number of amides is 1. The van der Waals surface area contributed by atoms with Crippen molar-refractivity contribution in [1.29, 1.82) is 0 Å². The van der Waals surface area contributed by atoms with Gasteiger partial charge in [-0.2, -0.15) is 5.10 Å². The Labute approximate surface area is 106 Å². The Kier molecular flexibility index (Phi) is 3.64. The van der Waals surface area contributed by atoms with Gasteiger partial charge < -0.3 is 9.64 Å². The maximum atomic E-state index is 12.1. The molecule has 0 saturated carbocycles. The van der Waals surface area contributed by atoms with Gasteiger partial charge in [-0.05, 0) is 18.9 Å². The monoisotopic (exact) mass is 251 g/mol. The first-order chi connectivity index (χ1) is 8.61. The lowest BCUT2D eigenvalue weighted by Crippen LogP contribution is -2.40. The Morgan fingerprint density at radius 2 is 2.06 bits per heavy atom. The standard InChI is InChI=1S/C12H17N3O3/c1-14-6-5-10(13-14)11(16)15-7-3-9(4-8-15)12(17)18-2/h5-6,9H,3-4,7-8H2,1-2H3. The minimum Gasteiger partial charge on any atom is -0.469 e. The van der Waals surface area contributed by atoms with Crippen LogP contribution in [0.15, 0.2) is 12.3 Å². The third-order valence-electron chi connectivity index (χ3n) is 3.25. The van der Waals surface area contributed by atoms with Crippen molar-refractivity contribution in [3.63, 3.8) is 0 Å².